The van der Waals surface area contributed by atoms with Crippen molar-refractivity contribution in [2.45, 2.75) is 25.5 Å². The van der Waals surface area contributed by atoms with Crippen molar-refractivity contribution in [3.05, 3.63) is 15.5 Å². The van der Waals surface area contributed by atoms with E-state index in [0.717, 1.165) is 32.5 Å². The van der Waals surface area contributed by atoms with Crippen molar-refractivity contribution in [3.8, 4) is 0 Å². The van der Waals surface area contributed by atoms with Gasteiger partial charge in [0.15, 0.2) is 4.47 Å². The molecule has 1 aliphatic rings. The smallest absolute Gasteiger partial charge is 0.183 e. The van der Waals surface area contributed by atoms with E-state index in [0.29, 0.717) is 10.6 Å². The van der Waals surface area contributed by atoms with Gasteiger partial charge in [0.1, 0.15) is 0 Å². The predicted octanol–water partition coefficient (Wildman–Crippen LogP) is 2.41. The number of aromatic nitrogens is 1. The minimum Gasteiger partial charge on any atom is -0.381 e. The molecule has 1 fully saturated rings. The largest absolute Gasteiger partial charge is 0.381 e. The van der Waals surface area contributed by atoms with Crippen molar-refractivity contribution < 1.29 is 4.74 Å². The Labute approximate surface area is 99.0 Å². The van der Waals surface area contributed by atoms with Crippen LogP contribution in [0, 0.1) is 0 Å². The van der Waals surface area contributed by atoms with Gasteiger partial charge in [-0.2, -0.15) is 0 Å². The quantitative estimate of drug-likeness (QED) is 0.819. The molecule has 2 heterocycles. The van der Waals surface area contributed by atoms with Crippen LogP contribution in [0.5, 0.6) is 0 Å². The summed E-state index contributed by atoms with van der Waals surface area (Å²) in [6.45, 7) is 3.18. The normalized spacial score (nSPS) is 19.6. The van der Waals surface area contributed by atoms with Crippen LogP contribution in [0.1, 0.15) is 17.7 Å². The Balaban J connectivity index is 1.82. The summed E-state index contributed by atoms with van der Waals surface area (Å²) in [6.07, 6.45) is 4.58. The molecule has 1 aliphatic heterocycles. The molecule has 0 bridgehead atoms. The summed E-state index contributed by atoms with van der Waals surface area (Å²) >= 11 is 7.36. The molecule has 0 unspecified atom stereocenters. The van der Waals surface area contributed by atoms with E-state index in [-0.39, 0.29) is 0 Å². The van der Waals surface area contributed by atoms with Gasteiger partial charge in [0.2, 0.25) is 0 Å². The lowest BCUT2D eigenvalue weighted by Crippen LogP contribution is -2.35. The molecule has 0 N–H and O–H groups in total. The summed E-state index contributed by atoms with van der Waals surface area (Å²) in [4.78, 5) is 7.72. The van der Waals surface area contributed by atoms with Crippen molar-refractivity contribution in [2.75, 3.05) is 20.2 Å². The maximum absolute atomic E-state index is 5.79. The second-order valence-electron chi connectivity index (χ2n) is 3.79. The number of nitrogens with zero attached hydrogens (tertiary/aromatic N) is 2. The first kappa shape index (κ1) is 11.3. The Kier molecular flexibility index (Phi) is 3.97. The van der Waals surface area contributed by atoms with E-state index in [1.807, 2.05) is 6.20 Å². The van der Waals surface area contributed by atoms with Gasteiger partial charge in [0.25, 0.3) is 0 Å². The Hall–Kier alpha value is -0.160. The fourth-order valence-electron chi connectivity index (χ4n) is 1.88. The lowest BCUT2D eigenvalue weighted by molar-refractivity contribution is 0.0391. The van der Waals surface area contributed by atoms with Crippen molar-refractivity contribution in [1.29, 1.82) is 0 Å². The van der Waals surface area contributed by atoms with E-state index >= 15 is 0 Å². The SMILES string of the molecule is COC1CCN(Cc2cnc(Cl)s2)CC1. The molecule has 0 saturated carbocycles. The number of ether oxygens (including phenoxy) is 1. The van der Waals surface area contributed by atoms with Crippen LogP contribution < -0.4 is 0 Å². The first-order chi connectivity index (χ1) is 7.28. The maximum atomic E-state index is 5.79. The minimum absolute atomic E-state index is 0.450. The van der Waals surface area contributed by atoms with Crippen LogP contribution in [0.25, 0.3) is 0 Å². The van der Waals surface area contributed by atoms with Gasteiger partial charge in [-0.25, -0.2) is 4.98 Å². The monoisotopic (exact) mass is 246 g/mol. The molecular formula is C10H15ClN2OS. The number of halogens is 1. The first-order valence-corrected chi connectivity index (χ1v) is 6.32. The third-order valence-corrected chi connectivity index (χ3v) is 3.87. The Morgan fingerprint density at radius 3 is 2.87 bits per heavy atom. The summed E-state index contributed by atoms with van der Waals surface area (Å²) in [5.74, 6) is 0. The van der Waals surface area contributed by atoms with Crippen LogP contribution in [0.3, 0.4) is 0 Å². The highest BCUT2D eigenvalue weighted by molar-refractivity contribution is 7.15. The zero-order chi connectivity index (χ0) is 10.7. The van der Waals surface area contributed by atoms with E-state index in [4.69, 9.17) is 16.3 Å². The van der Waals surface area contributed by atoms with E-state index in [1.165, 1.54) is 4.88 Å². The summed E-state index contributed by atoms with van der Waals surface area (Å²) in [6, 6.07) is 0. The van der Waals surface area contributed by atoms with E-state index in [1.54, 1.807) is 18.4 Å². The van der Waals surface area contributed by atoms with Gasteiger partial charge in [-0.05, 0) is 12.8 Å². The van der Waals surface area contributed by atoms with Gasteiger partial charge < -0.3 is 4.74 Å². The highest BCUT2D eigenvalue weighted by Crippen LogP contribution is 2.21. The maximum Gasteiger partial charge on any atom is 0.183 e. The molecule has 84 valence electrons. The molecule has 15 heavy (non-hydrogen) atoms. The van der Waals surface area contributed by atoms with Crippen LogP contribution in [0.4, 0.5) is 0 Å². The average molecular weight is 247 g/mol. The zero-order valence-electron chi connectivity index (χ0n) is 8.78. The van der Waals surface area contributed by atoms with E-state index in [9.17, 15) is 0 Å². The number of thiazole rings is 1. The molecule has 1 aromatic heterocycles. The number of hydrogen-bond donors (Lipinski definition) is 0. The van der Waals surface area contributed by atoms with Gasteiger partial charge in [0, 0.05) is 37.8 Å². The van der Waals surface area contributed by atoms with Gasteiger partial charge in [-0.1, -0.05) is 11.6 Å². The van der Waals surface area contributed by atoms with Crippen molar-refractivity contribution in [1.82, 2.24) is 9.88 Å². The lowest BCUT2D eigenvalue weighted by atomic mass is 10.1. The molecule has 0 atom stereocenters. The molecule has 3 nitrogen and oxygen atoms in total. The summed E-state index contributed by atoms with van der Waals surface area (Å²) in [5.41, 5.74) is 0. The van der Waals surface area contributed by atoms with Crippen LogP contribution in [-0.4, -0.2) is 36.2 Å². The molecule has 5 heteroatoms. The van der Waals surface area contributed by atoms with E-state index in [2.05, 4.69) is 9.88 Å². The zero-order valence-corrected chi connectivity index (χ0v) is 10.4. The number of methoxy groups -OCH3 is 1. The van der Waals surface area contributed by atoms with Crippen LogP contribution in [-0.2, 0) is 11.3 Å². The van der Waals surface area contributed by atoms with Crippen molar-refractivity contribution in [3.63, 3.8) is 0 Å². The van der Waals surface area contributed by atoms with Gasteiger partial charge in [0.05, 0.1) is 6.10 Å². The third kappa shape index (κ3) is 3.14. The highest BCUT2D eigenvalue weighted by atomic mass is 35.5. The average Bonchev–Trinajstić information content (AvgIpc) is 2.65. The third-order valence-electron chi connectivity index (χ3n) is 2.77. The van der Waals surface area contributed by atoms with Crippen molar-refractivity contribution in [2.24, 2.45) is 0 Å². The van der Waals surface area contributed by atoms with Crippen molar-refractivity contribution >= 4 is 22.9 Å². The fraction of sp³-hybridized carbons (Fsp3) is 0.700. The Morgan fingerprint density at radius 1 is 1.60 bits per heavy atom. The van der Waals surface area contributed by atoms with Gasteiger partial charge >= 0.3 is 0 Å². The molecule has 0 spiro atoms. The number of rotatable bonds is 3. The molecule has 2 rings (SSSR count). The van der Waals surface area contributed by atoms with Crippen LogP contribution >= 0.6 is 22.9 Å². The van der Waals surface area contributed by atoms with E-state index < -0.39 is 0 Å². The minimum atomic E-state index is 0.450. The van der Waals surface area contributed by atoms with Crippen LogP contribution in [0.2, 0.25) is 4.47 Å². The van der Waals surface area contributed by atoms with Crippen LogP contribution in [0.15, 0.2) is 6.20 Å². The molecule has 1 saturated heterocycles. The fourth-order valence-corrected chi connectivity index (χ4v) is 2.90. The molecule has 0 aromatic carbocycles. The van der Waals surface area contributed by atoms with Gasteiger partial charge in [-0.3, -0.25) is 4.90 Å². The molecule has 1 aromatic rings. The molecule has 0 amide bonds. The summed E-state index contributed by atoms with van der Waals surface area (Å²) < 4.78 is 5.97. The summed E-state index contributed by atoms with van der Waals surface area (Å²) in [7, 11) is 1.79. The first-order valence-electron chi connectivity index (χ1n) is 5.13. The number of piperidine rings is 1. The summed E-state index contributed by atoms with van der Waals surface area (Å²) in [5, 5.41) is 0. The van der Waals surface area contributed by atoms with Gasteiger partial charge in [-0.15, -0.1) is 11.3 Å². The predicted molar refractivity (Wildman–Crippen MR) is 62.4 cm³/mol. The second-order valence-corrected chi connectivity index (χ2v) is 5.49. The molecule has 0 aliphatic carbocycles. The number of hydrogen-bond acceptors (Lipinski definition) is 4. The number of likely N-dealkylation sites (tertiary alicyclic amines) is 1. The Morgan fingerprint density at radius 2 is 2.33 bits per heavy atom. The second kappa shape index (κ2) is 5.25. The highest BCUT2D eigenvalue weighted by Gasteiger charge is 2.18. The lowest BCUT2D eigenvalue weighted by Gasteiger charge is -2.30. The topological polar surface area (TPSA) is 25.4 Å². The molecule has 0 radical (unpaired) electrons. The standard InChI is InChI=1S/C10H15ClN2OS/c1-14-8-2-4-13(5-3-8)7-9-6-12-10(11)15-9/h6,8H,2-5,7H2,1H3. The Bertz CT molecular complexity index is 310. The molecular weight excluding hydrogens is 232 g/mol.